The second kappa shape index (κ2) is 14.6. The fourth-order valence-corrected chi connectivity index (χ4v) is 1.26. The van der Waals surface area contributed by atoms with Crippen LogP contribution in [0.2, 0.25) is 0 Å². The van der Waals surface area contributed by atoms with Crippen molar-refractivity contribution in [1.82, 2.24) is 0 Å². The highest BCUT2D eigenvalue weighted by molar-refractivity contribution is 7.40. The molecule has 0 unspecified atom stereocenters. The quantitative estimate of drug-likeness (QED) is 0.456. The van der Waals surface area contributed by atoms with E-state index in [4.69, 9.17) is 23.8 Å². The van der Waals surface area contributed by atoms with Crippen LogP contribution in [0.1, 0.15) is 39.5 Å². The van der Waals surface area contributed by atoms with Gasteiger partial charge in [-0.3, -0.25) is 0 Å². The summed E-state index contributed by atoms with van der Waals surface area (Å²) in [6.07, 6.45) is 2.79. The topological polar surface area (TPSA) is 102 Å². The number of nitrogens with two attached hydrogens (primary N) is 1. The van der Waals surface area contributed by atoms with Gasteiger partial charge in [0.2, 0.25) is 0 Å². The third-order valence-corrected chi connectivity index (χ3v) is 2.21. The molecule has 0 aliphatic carbocycles. The summed E-state index contributed by atoms with van der Waals surface area (Å²) in [5, 5.41) is 7.19. The van der Waals surface area contributed by atoms with Crippen LogP contribution in [0.5, 0.6) is 0 Å². The Morgan fingerprint density at radius 2 is 1.50 bits per heavy atom. The second-order valence-corrected chi connectivity index (χ2v) is 3.94. The number of hydrogen-bond donors (Lipinski definition) is 3. The molecule has 0 aliphatic heterocycles. The van der Waals surface area contributed by atoms with Gasteiger partial charge in [0.1, 0.15) is 0 Å². The van der Waals surface area contributed by atoms with Crippen LogP contribution >= 0.6 is 8.60 Å². The van der Waals surface area contributed by atoms with Crippen molar-refractivity contribution in [3.05, 3.63) is 0 Å². The molecule has 0 aliphatic rings. The molecule has 1 amide bonds. The Morgan fingerprint density at radius 3 is 1.75 bits per heavy atom. The molecule has 0 heterocycles. The van der Waals surface area contributed by atoms with Gasteiger partial charge in [0.05, 0.1) is 13.2 Å². The minimum atomic E-state index is -1.60. The Labute approximate surface area is 97.7 Å². The van der Waals surface area contributed by atoms with E-state index in [0.29, 0.717) is 13.2 Å². The first kappa shape index (κ1) is 18.0. The molecule has 0 atom stereocenters. The molecule has 0 radical (unpaired) electrons. The largest absolute Gasteiger partial charge is 0.465 e. The van der Waals surface area contributed by atoms with E-state index in [1.807, 2.05) is 0 Å². The highest BCUT2D eigenvalue weighted by Gasteiger charge is 2.04. The van der Waals surface area contributed by atoms with Gasteiger partial charge in [-0.25, -0.2) is 4.79 Å². The maximum absolute atomic E-state index is 9.12. The summed E-state index contributed by atoms with van der Waals surface area (Å²) in [7, 11) is -1.60. The van der Waals surface area contributed by atoms with Gasteiger partial charge in [0.25, 0.3) is 0 Å². The van der Waals surface area contributed by atoms with Crippen LogP contribution in [0.25, 0.3) is 0 Å². The van der Waals surface area contributed by atoms with Crippen LogP contribution in [0.3, 0.4) is 0 Å². The van der Waals surface area contributed by atoms with E-state index in [1.54, 1.807) is 0 Å². The Balaban J connectivity index is 0. The number of unbranched alkanes of at least 4 members (excludes halogenated alkanes) is 2. The minimum Gasteiger partial charge on any atom is -0.465 e. The van der Waals surface area contributed by atoms with Crippen molar-refractivity contribution in [1.29, 1.82) is 0 Å². The van der Waals surface area contributed by atoms with E-state index >= 15 is 0 Å². The van der Waals surface area contributed by atoms with E-state index in [9.17, 15) is 0 Å². The number of carboxylic acid groups (broad SMARTS) is 1. The highest BCUT2D eigenvalue weighted by Crippen LogP contribution is 2.32. The standard InChI is InChI=1S/C8H19O3P.CH3NO2/c1-3-5-7-10-12(9)11-8-6-4-2;2-1(3)4/h9H,3-8H2,1-2H3;2H2,(H,3,4). The Kier molecular flexibility index (Phi) is 16.4. The van der Waals surface area contributed by atoms with Crippen LogP contribution in [0, 0.1) is 0 Å². The van der Waals surface area contributed by atoms with E-state index in [-0.39, 0.29) is 0 Å². The lowest BCUT2D eigenvalue weighted by Gasteiger charge is -2.09. The molecule has 0 bridgehead atoms. The lowest BCUT2D eigenvalue weighted by atomic mass is 10.4. The summed E-state index contributed by atoms with van der Waals surface area (Å²) < 4.78 is 10.1. The maximum Gasteiger partial charge on any atom is 0.402 e. The molecule has 0 saturated heterocycles. The van der Waals surface area contributed by atoms with Crippen molar-refractivity contribution in [2.24, 2.45) is 5.73 Å². The highest BCUT2D eigenvalue weighted by atomic mass is 31.2. The summed E-state index contributed by atoms with van der Waals surface area (Å²) >= 11 is 0. The average molecular weight is 255 g/mol. The zero-order valence-electron chi connectivity index (χ0n) is 9.89. The molecular weight excluding hydrogens is 233 g/mol. The number of amides is 1. The molecule has 0 fully saturated rings. The molecule has 0 spiro atoms. The summed E-state index contributed by atoms with van der Waals surface area (Å²) in [5.41, 5.74) is 4.03. The second-order valence-electron chi connectivity index (χ2n) is 2.95. The zero-order valence-corrected chi connectivity index (χ0v) is 10.8. The maximum atomic E-state index is 9.12. The molecule has 4 N–H and O–H groups in total. The van der Waals surface area contributed by atoms with Crippen LogP contribution < -0.4 is 5.73 Å². The van der Waals surface area contributed by atoms with Crippen molar-refractivity contribution in [3.63, 3.8) is 0 Å². The van der Waals surface area contributed by atoms with E-state index in [0.717, 1.165) is 25.7 Å². The Bertz CT molecular complexity index is 145. The molecule has 0 aromatic heterocycles. The van der Waals surface area contributed by atoms with Crippen molar-refractivity contribution in [2.75, 3.05) is 13.2 Å². The Hall–Kier alpha value is -0.420. The molecule has 0 rings (SSSR count). The number of primary amides is 1. The van der Waals surface area contributed by atoms with Crippen LogP contribution in [0.4, 0.5) is 4.79 Å². The molecule has 16 heavy (non-hydrogen) atoms. The third-order valence-electron chi connectivity index (χ3n) is 1.40. The summed E-state index contributed by atoms with van der Waals surface area (Å²) in [6, 6.07) is 0. The smallest absolute Gasteiger partial charge is 0.402 e. The molecular formula is C9H22NO5P. The van der Waals surface area contributed by atoms with Gasteiger partial charge in [-0.05, 0) is 12.8 Å². The number of carbonyl (C=O) groups is 1. The SMILES string of the molecule is CCCCOP(O)OCCCC.NC(=O)O. The molecule has 7 heteroatoms. The lowest BCUT2D eigenvalue weighted by Crippen LogP contribution is -2.03. The minimum absolute atomic E-state index is 0.602. The summed E-state index contributed by atoms with van der Waals surface area (Å²) in [6.45, 7) is 5.37. The fraction of sp³-hybridized carbons (Fsp3) is 0.889. The number of hydrogen-bond acceptors (Lipinski definition) is 4. The van der Waals surface area contributed by atoms with Gasteiger partial charge in [0.15, 0.2) is 0 Å². The predicted octanol–water partition coefficient (Wildman–Crippen LogP) is 2.46. The predicted molar refractivity (Wildman–Crippen MR) is 63.1 cm³/mol. The first-order valence-electron chi connectivity index (χ1n) is 5.27. The molecule has 0 aromatic rings. The average Bonchev–Trinajstić information content (AvgIpc) is 2.18. The first-order valence-corrected chi connectivity index (χ1v) is 6.40. The summed E-state index contributed by atoms with van der Waals surface area (Å²) in [5.74, 6) is 0. The van der Waals surface area contributed by atoms with Gasteiger partial charge < -0.3 is 24.8 Å². The third kappa shape index (κ3) is 23.4. The monoisotopic (exact) mass is 255 g/mol. The molecule has 0 saturated carbocycles. The van der Waals surface area contributed by atoms with Gasteiger partial charge in [-0.15, -0.1) is 0 Å². The fourth-order valence-electron chi connectivity index (χ4n) is 0.611. The lowest BCUT2D eigenvalue weighted by molar-refractivity contribution is 0.196. The number of rotatable bonds is 8. The van der Waals surface area contributed by atoms with Crippen LogP contribution in [0.15, 0.2) is 0 Å². The molecule has 0 aromatic carbocycles. The van der Waals surface area contributed by atoms with Crippen molar-refractivity contribution in [3.8, 4) is 0 Å². The van der Waals surface area contributed by atoms with Crippen molar-refractivity contribution >= 4 is 14.7 Å². The van der Waals surface area contributed by atoms with Crippen molar-refractivity contribution < 1.29 is 23.8 Å². The first-order chi connectivity index (χ1) is 7.54. The zero-order chi connectivity index (χ0) is 12.8. The van der Waals surface area contributed by atoms with Crippen LogP contribution in [-0.2, 0) is 9.05 Å². The van der Waals surface area contributed by atoms with Crippen LogP contribution in [-0.4, -0.2) is 29.3 Å². The van der Waals surface area contributed by atoms with Gasteiger partial charge in [-0.2, -0.15) is 0 Å². The summed E-state index contributed by atoms with van der Waals surface area (Å²) in [4.78, 5) is 17.9. The van der Waals surface area contributed by atoms with E-state index in [1.165, 1.54) is 0 Å². The van der Waals surface area contributed by atoms with Crippen molar-refractivity contribution in [2.45, 2.75) is 39.5 Å². The van der Waals surface area contributed by atoms with E-state index < -0.39 is 14.7 Å². The Morgan fingerprint density at radius 1 is 1.19 bits per heavy atom. The van der Waals surface area contributed by atoms with Gasteiger partial charge in [0, 0.05) is 0 Å². The normalized spacial score (nSPS) is 9.75. The van der Waals surface area contributed by atoms with Gasteiger partial charge >= 0.3 is 14.7 Å². The van der Waals surface area contributed by atoms with Gasteiger partial charge in [-0.1, -0.05) is 26.7 Å². The van der Waals surface area contributed by atoms with E-state index in [2.05, 4.69) is 19.6 Å². The molecule has 98 valence electrons. The molecule has 6 nitrogen and oxygen atoms in total.